The second-order valence-corrected chi connectivity index (χ2v) is 24.6. The fourth-order valence-electron chi connectivity index (χ4n) is 13.8. The molecule has 14 aromatic carbocycles. The minimum absolute atomic E-state index is 0.432. The van der Waals surface area contributed by atoms with Crippen molar-refractivity contribution in [3.63, 3.8) is 0 Å². The Morgan fingerprint density at radius 2 is 0.459 bits per heavy atom. The first-order valence-electron chi connectivity index (χ1n) is 32.4. The van der Waals surface area contributed by atoms with E-state index in [0.29, 0.717) is 34.2 Å². The number of hydrogen-bond acceptors (Lipinski definition) is 6. The molecule has 3 aromatic heterocycles. The molecular weight excluding hydrogens is 1190 g/mol. The smallest absolute Gasteiger partial charge is 0.164 e. The Labute approximate surface area is 566 Å². The van der Waals surface area contributed by atoms with Crippen LogP contribution in [0, 0.1) is 34.0 Å². The molecule has 17 rings (SSSR count). The van der Waals surface area contributed by atoms with E-state index in [1.165, 1.54) is 0 Å². The van der Waals surface area contributed by atoms with E-state index in [0.717, 1.165) is 150 Å². The van der Waals surface area contributed by atoms with Crippen molar-refractivity contribution in [1.29, 1.82) is 15.8 Å². The molecular formula is C90H54N8. The molecule has 8 heteroatoms. The molecule has 0 spiro atoms. The van der Waals surface area contributed by atoms with Crippen LogP contribution in [0.2, 0.25) is 0 Å². The van der Waals surface area contributed by atoms with Gasteiger partial charge in [0.15, 0.2) is 17.5 Å². The predicted molar refractivity (Wildman–Crippen MR) is 397 cm³/mol. The van der Waals surface area contributed by atoms with E-state index >= 15 is 0 Å². The third kappa shape index (κ3) is 10.8. The maximum absolute atomic E-state index is 10.1. The van der Waals surface area contributed by atoms with Crippen molar-refractivity contribution in [2.24, 2.45) is 0 Å². The monoisotopic (exact) mass is 1250 g/mol. The lowest BCUT2D eigenvalue weighted by molar-refractivity contribution is 1.07. The molecule has 0 amide bonds. The van der Waals surface area contributed by atoms with Crippen LogP contribution in [-0.2, 0) is 0 Å². The summed E-state index contributed by atoms with van der Waals surface area (Å²) in [6.45, 7) is 0. The molecule has 0 aliphatic carbocycles. The van der Waals surface area contributed by atoms with E-state index in [1.807, 2.05) is 115 Å². The van der Waals surface area contributed by atoms with Crippen LogP contribution < -0.4 is 0 Å². The normalized spacial score (nSPS) is 11.2. The van der Waals surface area contributed by atoms with Crippen molar-refractivity contribution in [3.05, 3.63) is 344 Å². The molecule has 0 N–H and O–H groups in total. The summed E-state index contributed by atoms with van der Waals surface area (Å²) in [6.07, 6.45) is 0. The van der Waals surface area contributed by atoms with E-state index in [1.54, 1.807) is 0 Å². The van der Waals surface area contributed by atoms with E-state index in [9.17, 15) is 15.8 Å². The number of fused-ring (bicyclic) bond motifs is 6. The van der Waals surface area contributed by atoms with Crippen molar-refractivity contribution in [2.45, 2.75) is 0 Å². The zero-order valence-corrected chi connectivity index (χ0v) is 52.8. The Morgan fingerprint density at radius 1 is 0.194 bits per heavy atom. The fourth-order valence-corrected chi connectivity index (χ4v) is 13.8. The molecule has 3 heterocycles. The van der Waals surface area contributed by atoms with Gasteiger partial charge >= 0.3 is 0 Å². The summed E-state index contributed by atoms with van der Waals surface area (Å²) in [5, 5.41) is 34.5. The Kier molecular flexibility index (Phi) is 14.5. The summed E-state index contributed by atoms with van der Waals surface area (Å²) in [6, 6.07) is 120. The van der Waals surface area contributed by atoms with Crippen molar-refractivity contribution in [1.82, 2.24) is 24.1 Å². The highest BCUT2D eigenvalue weighted by Crippen LogP contribution is 2.43. The van der Waals surface area contributed by atoms with Crippen LogP contribution in [0.3, 0.4) is 0 Å². The van der Waals surface area contributed by atoms with Crippen LogP contribution in [0.15, 0.2) is 328 Å². The van der Waals surface area contributed by atoms with Gasteiger partial charge in [0.1, 0.15) is 0 Å². The van der Waals surface area contributed by atoms with Crippen molar-refractivity contribution in [2.75, 3.05) is 0 Å². The number of rotatable bonds is 12. The van der Waals surface area contributed by atoms with Gasteiger partial charge in [0.2, 0.25) is 0 Å². The molecule has 17 aromatic rings. The second-order valence-electron chi connectivity index (χ2n) is 24.6. The molecule has 0 aliphatic heterocycles. The van der Waals surface area contributed by atoms with Gasteiger partial charge in [-0.25, -0.2) is 15.0 Å². The lowest BCUT2D eigenvalue weighted by Crippen LogP contribution is -2.03. The van der Waals surface area contributed by atoms with Gasteiger partial charge in [0.25, 0.3) is 0 Å². The summed E-state index contributed by atoms with van der Waals surface area (Å²) < 4.78 is 4.69. The highest BCUT2D eigenvalue weighted by molar-refractivity contribution is 6.13. The average molecular weight is 1250 g/mol. The highest BCUT2D eigenvalue weighted by Gasteiger charge is 2.23. The highest BCUT2D eigenvalue weighted by atomic mass is 15.0. The van der Waals surface area contributed by atoms with Gasteiger partial charge in [-0.05, 0) is 205 Å². The summed E-state index contributed by atoms with van der Waals surface area (Å²) in [5.74, 6) is 1.30. The van der Waals surface area contributed by atoms with Crippen LogP contribution in [0.5, 0.6) is 0 Å². The second kappa shape index (κ2) is 24.6. The molecule has 454 valence electrons. The Morgan fingerprint density at radius 3 is 0.816 bits per heavy atom. The van der Waals surface area contributed by atoms with Crippen molar-refractivity contribution >= 4 is 43.6 Å². The summed E-state index contributed by atoms with van der Waals surface area (Å²) in [4.78, 5) is 16.7. The van der Waals surface area contributed by atoms with E-state index in [-0.39, 0.29) is 0 Å². The molecule has 0 fully saturated rings. The lowest BCUT2D eigenvalue weighted by Gasteiger charge is -2.16. The summed E-state index contributed by atoms with van der Waals surface area (Å²) in [5.41, 5.74) is 24.1. The molecule has 0 atom stereocenters. The zero-order chi connectivity index (χ0) is 65.6. The van der Waals surface area contributed by atoms with Gasteiger partial charge in [-0.15, -0.1) is 0 Å². The topological polar surface area (TPSA) is 120 Å². The SMILES string of the molecule is N#Cc1ccc(-c2cc(-c3nc(-c4cccc(-c5cccc(C#N)c5)c4)nc(-c4cc(-c5ccc(C#N)cc5)cc(-n5c6ccc(-c7ccccc7)cc6c6cc(-c7ccccc7)ccc65)c4)n3)cc(-n3c4ccc(-c5ccccc5)cc4c4cc(-c5ccccc5)ccc43)c2)cc1. The third-order valence-electron chi connectivity index (χ3n) is 18.6. The Hall–Kier alpha value is -13.8. The maximum atomic E-state index is 10.1. The molecule has 0 saturated heterocycles. The van der Waals surface area contributed by atoms with Crippen LogP contribution in [-0.4, -0.2) is 24.1 Å². The van der Waals surface area contributed by atoms with Crippen LogP contribution >= 0.6 is 0 Å². The van der Waals surface area contributed by atoms with Gasteiger partial charge < -0.3 is 9.13 Å². The Bertz CT molecular complexity index is 5590. The molecule has 0 saturated carbocycles. The molecule has 0 unspecified atom stereocenters. The van der Waals surface area contributed by atoms with E-state index in [2.05, 4.69) is 240 Å². The maximum Gasteiger partial charge on any atom is 0.164 e. The largest absolute Gasteiger partial charge is 0.309 e. The first-order chi connectivity index (χ1) is 48.4. The molecule has 8 nitrogen and oxygen atoms in total. The Balaban J connectivity index is 0.925. The molecule has 0 bridgehead atoms. The molecule has 0 radical (unpaired) electrons. The standard InChI is InChI=1S/C90H54N8/c91-55-58-27-31-65(32-28-58)74-45-76(49-78(47-74)97-84-39-35-69(61-16-5-1-6-17-61)51-80(84)81-52-70(36-40-85(81)97)62-18-7-2-8-19-62)89-94-88(73-26-14-25-68(44-73)67-24-13-15-60(43-67)57-93)95-90(96-89)77-46-75(66-33-29-59(56-92)30-34-66)48-79(50-77)98-86-41-37-71(63-20-9-3-10-21-63)53-82(86)83-54-72(38-42-87(83)98)64-22-11-4-12-23-64/h1-54H. The minimum atomic E-state index is 0.432. The quantitative estimate of drug-likeness (QED) is 0.120. The zero-order valence-electron chi connectivity index (χ0n) is 52.8. The molecule has 0 aliphatic rings. The summed E-state index contributed by atoms with van der Waals surface area (Å²) >= 11 is 0. The van der Waals surface area contributed by atoms with Gasteiger partial charge in [0, 0.05) is 49.6 Å². The number of nitriles is 3. The van der Waals surface area contributed by atoms with Gasteiger partial charge in [-0.3, -0.25) is 0 Å². The fraction of sp³-hybridized carbons (Fsp3) is 0. The number of benzene rings is 14. The average Bonchev–Trinajstić information content (AvgIpc) is 1.57. The molecule has 98 heavy (non-hydrogen) atoms. The predicted octanol–water partition coefficient (Wildman–Crippen LogP) is 22.4. The first-order valence-corrected chi connectivity index (χ1v) is 32.4. The van der Waals surface area contributed by atoms with Gasteiger partial charge in [-0.2, -0.15) is 15.8 Å². The van der Waals surface area contributed by atoms with Crippen LogP contribution in [0.1, 0.15) is 16.7 Å². The van der Waals surface area contributed by atoms with Crippen molar-refractivity contribution in [3.8, 4) is 142 Å². The van der Waals surface area contributed by atoms with Gasteiger partial charge in [0.05, 0.1) is 57.0 Å². The van der Waals surface area contributed by atoms with Crippen LogP contribution in [0.4, 0.5) is 0 Å². The van der Waals surface area contributed by atoms with Gasteiger partial charge in [-0.1, -0.05) is 200 Å². The van der Waals surface area contributed by atoms with Crippen LogP contribution in [0.25, 0.3) is 167 Å². The number of hydrogen-bond donors (Lipinski definition) is 0. The lowest BCUT2D eigenvalue weighted by atomic mass is 9.99. The first kappa shape index (κ1) is 58.0. The third-order valence-corrected chi connectivity index (χ3v) is 18.6. The van der Waals surface area contributed by atoms with E-state index in [4.69, 9.17) is 15.0 Å². The van der Waals surface area contributed by atoms with E-state index < -0.39 is 0 Å². The minimum Gasteiger partial charge on any atom is -0.309 e. The number of aromatic nitrogens is 5. The number of nitrogens with zero attached hydrogens (tertiary/aromatic N) is 8. The van der Waals surface area contributed by atoms with Crippen molar-refractivity contribution < 1.29 is 0 Å². The summed E-state index contributed by atoms with van der Waals surface area (Å²) in [7, 11) is 0.